The summed E-state index contributed by atoms with van der Waals surface area (Å²) in [6, 6.07) is 1.86. The number of fused-ring (bicyclic) bond motifs is 1. The molecule has 1 saturated heterocycles. The van der Waals surface area contributed by atoms with E-state index in [0.717, 1.165) is 50.4 Å². The van der Waals surface area contributed by atoms with Crippen LogP contribution in [0.4, 0.5) is 0 Å². The van der Waals surface area contributed by atoms with Gasteiger partial charge in [-0.05, 0) is 32.8 Å². The zero-order chi connectivity index (χ0) is 19.2. The van der Waals surface area contributed by atoms with E-state index in [1.54, 1.807) is 30.3 Å². The van der Waals surface area contributed by atoms with E-state index in [4.69, 9.17) is 4.74 Å². The topological polar surface area (TPSA) is 63.5 Å². The molecule has 27 heavy (non-hydrogen) atoms. The smallest absolute Gasteiger partial charge is 0.273 e. The molecule has 2 aliphatic rings. The lowest BCUT2D eigenvalue weighted by molar-refractivity contribution is -0.124. The number of aryl methyl sites for hydroxylation is 2. The predicted octanol–water partition coefficient (Wildman–Crippen LogP) is 2.22. The van der Waals surface area contributed by atoms with Crippen LogP contribution in [0.15, 0.2) is 6.07 Å². The van der Waals surface area contributed by atoms with Crippen molar-refractivity contribution in [3.63, 3.8) is 0 Å². The fourth-order valence-electron chi connectivity index (χ4n) is 3.81. The third-order valence-corrected chi connectivity index (χ3v) is 6.71. The Morgan fingerprint density at radius 3 is 2.70 bits per heavy atom. The van der Waals surface area contributed by atoms with Gasteiger partial charge in [0, 0.05) is 32.1 Å². The Kier molecular flexibility index (Phi) is 4.82. The van der Waals surface area contributed by atoms with Crippen LogP contribution in [0.5, 0.6) is 0 Å². The van der Waals surface area contributed by atoms with Gasteiger partial charge in [-0.3, -0.25) is 14.4 Å². The summed E-state index contributed by atoms with van der Waals surface area (Å²) in [5, 5.41) is 5.74. The van der Waals surface area contributed by atoms with Crippen LogP contribution in [0.25, 0.3) is 0 Å². The van der Waals surface area contributed by atoms with E-state index in [2.05, 4.69) is 28.8 Å². The summed E-state index contributed by atoms with van der Waals surface area (Å²) in [7, 11) is 3.50. The van der Waals surface area contributed by atoms with Gasteiger partial charge < -0.3 is 9.64 Å². The van der Waals surface area contributed by atoms with E-state index < -0.39 is 0 Å². The number of ether oxygens (including phenoxy) is 1. The lowest BCUT2D eigenvalue weighted by Crippen LogP contribution is -2.50. The maximum absolute atomic E-state index is 12.2. The summed E-state index contributed by atoms with van der Waals surface area (Å²) in [6.07, 6.45) is 1.96. The zero-order valence-corrected chi connectivity index (χ0v) is 17.3. The van der Waals surface area contributed by atoms with Crippen LogP contribution in [-0.2, 0) is 24.4 Å². The van der Waals surface area contributed by atoms with Crippen LogP contribution in [0.2, 0.25) is 0 Å². The molecule has 2 aliphatic heterocycles. The van der Waals surface area contributed by atoms with Crippen molar-refractivity contribution in [2.45, 2.75) is 52.0 Å². The lowest BCUT2D eigenvalue weighted by Gasteiger charge is -2.43. The monoisotopic (exact) mass is 389 g/mol. The summed E-state index contributed by atoms with van der Waals surface area (Å²) in [6.45, 7) is 8.38. The average Bonchev–Trinajstić information content (AvgIpc) is 3.19. The number of nitrogens with zero attached hydrogens (tertiary/aromatic N) is 5. The third-order valence-electron chi connectivity index (χ3n) is 5.65. The molecule has 1 fully saturated rings. The van der Waals surface area contributed by atoms with E-state index >= 15 is 0 Å². The van der Waals surface area contributed by atoms with Gasteiger partial charge in [-0.25, -0.2) is 4.98 Å². The number of thiazole rings is 1. The van der Waals surface area contributed by atoms with Gasteiger partial charge in [0.15, 0.2) is 5.69 Å². The molecule has 8 heteroatoms. The number of likely N-dealkylation sites (tertiary alicyclic amines) is 1. The standard InChI is InChI=1S/C19H27N5O2S/c1-13-14(2)27-17(20-13)10-23-7-5-19(6-8-23)12-24-15(11-26-19)9-16(21-24)18(25)22(3)4/h9H,5-8,10-12H2,1-4H3. The molecule has 0 unspecified atom stereocenters. The molecular formula is C19H27N5O2S. The van der Waals surface area contributed by atoms with E-state index in [1.807, 2.05) is 10.7 Å². The van der Waals surface area contributed by atoms with Crippen molar-refractivity contribution < 1.29 is 9.53 Å². The molecule has 0 radical (unpaired) electrons. The van der Waals surface area contributed by atoms with Crippen molar-refractivity contribution in [2.24, 2.45) is 0 Å². The summed E-state index contributed by atoms with van der Waals surface area (Å²) in [5.74, 6) is -0.0604. The molecule has 7 nitrogen and oxygen atoms in total. The number of hydrogen-bond acceptors (Lipinski definition) is 6. The second-order valence-electron chi connectivity index (χ2n) is 7.88. The Morgan fingerprint density at radius 1 is 1.33 bits per heavy atom. The molecule has 0 N–H and O–H groups in total. The predicted molar refractivity (Wildman–Crippen MR) is 104 cm³/mol. The minimum atomic E-state index is -0.164. The quantitative estimate of drug-likeness (QED) is 0.805. The van der Waals surface area contributed by atoms with E-state index in [9.17, 15) is 4.79 Å². The van der Waals surface area contributed by atoms with Gasteiger partial charge in [0.2, 0.25) is 0 Å². The van der Waals surface area contributed by atoms with Crippen LogP contribution >= 0.6 is 11.3 Å². The summed E-state index contributed by atoms with van der Waals surface area (Å²) in [4.78, 5) is 22.2. The molecule has 0 atom stereocenters. The molecule has 146 valence electrons. The van der Waals surface area contributed by atoms with Gasteiger partial charge in [-0.1, -0.05) is 0 Å². The lowest BCUT2D eigenvalue weighted by atomic mass is 9.90. The first-order chi connectivity index (χ1) is 12.8. The molecule has 1 amide bonds. The van der Waals surface area contributed by atoms with Crippen molar-refractivity contribution in [1.29, 1.82) is 0 Å². The molecule has 0 saturated carbocycles. The first-order valence-electron chi connectivity index (χ1n) is 9.43. The Balaban J connectivity index is 1.40. The number of aromatic nitrogens is 3. The highest BCUT2D eigenvalue weighted by molar-refractivity contribution is 7.11. The van der Waals surface area contributed by atoms with Crippen LogP contribution in [0.3, 0.4) is 0 Å². The Hall–Kier alpha value is -1.77. The van der Waals surface area contributed by atoms with Crippen molar-refractivity contribution in [2.75, 3.05) is 27.2 Å². The highest BCUT2D eigenvalue weighted by Gasteiger charge is 2.40. The largest absolute Gasteiger partial charge is 0.367 e. The third kappa shape index (κ3) is 3.66. The van der Waals surface area contributed by atoms with Crippen molar-refractivity contribution in [1.82, 2.24) is 24.6 Å². The summed E-state index contributed by atoms with van der Waals surface area (Å²) < 4.78 is 8.26. The van der Waals surface area contributed by atoms with Gasteiger partial charge in [-0.2, -0.15) is 5.10 Å². The molecule has 0 aromatic carbocycles. The fourth-order valence-corrected chi connectivity index (χ4v) is 4.78. The number of piperidine rings is 1. The van der Waals surface area contributed by atoms with Crippen LogP contribution < -0.4 is 0 Å². The number of carbonyl (C=O) groups excluding carboxylic acids is 1. The molecule has 1 spiro atoms. The molecule has 4 rings (SSSR count). The average molecular weight is 390 g/mol. The maximum atomic E-state index is 12.2. The van der Waals surface area contributed by atoms with E-state index in [0.29, 0.717) is 12.3 Å². The maximum Gasteiger partial charge on any atom is 0.273 e. The highest BCUT2D eigenvalue weighted by Crippen LogP contribution is 2.34. The Bertz CT molecular complexity index is 829. The molecule has 2 aromatic rings. The van der Waals surface area contributed by atoms with Gasteiger partial charge in [0.1, 0.15) is 5.01 Å². The molecule has 4 heterocycles. The minimum absolute atomic E-state index is 0.0604. The molecule has 0 bridgehead atoms. The molecular weight excluding hydrogens is 362 g/mol. The highest BCUT2D eigenvalue weighted by atomic mass is 32.1. The van der Waals surface area contributed by atoms with Crippen molar-refractivity contribution >= 4 is 17.2 Å². The number of hydrogen-bond donors (Lipinski definition) is 0. The van der Waals surface area contributed by atoms with E-state index in [1.165, 1.54) is 9.88 Å². The first kappa shape index (κ1) is 18.6. The van der Waals surface area contributed by atoms with Gasteiger partial charge >= 0.3 is 0 Å². The summed E-state index contributed by atoms with van der Waals surface area (Å²) in [5.41, 5.74) is 2.47. The molecule has 2 aromatic heterocycles. The second-order valence-corrected chi connectivity index (χ2v) is 9.16. The number of rotatable bonds is 3. The van der Waals surface area contributed by atoms with Crippen LogP contribution in [0, 0.1) is 13.8 Å². The van der Waals surface area contributed by atoms with Gasteiger partial charge in [0.05, 0.1) is 36.7 Å². The van der Waals surface area contributed by atoms with Crippen LogP contribution in [0.1, 0.15) is 44.6 Å². The van der Waals surface area contributed by atoms with Gasteiger partial charge in [-0.15, -0.1) is 11.3 Å². The minimum Gasteiger partial charge on any atom is -0.367 e. The van der Waals surface area contributed by atoms with Crippen LogP contribution in [-0.4, -0.2) is 63.3 Å². The molecule has 0 aliphatic carbocycles. The van der Waals surface area contributed by atoms with Crippen molar-refractivity contribution in [3.8, 4) is 0 Å². The van der Waals surface area contributed by atoms with Gasteiger partial charge in [0.25, 0.3) is 5.91 Å². The zero-order valence-electron chi connectivity index (χ0n) is 16.5. The first-order valence-corrected chi connectivity index (χ1v) is 10.2. The van der Waals surface area contributed by atoms with Crippen molar-refractivity contribution in [3.05, 3.63) is 33.0 Å². The normalized spacial score (nSPS) is 19.3. The summed E-state index contributed by atoms with van der Waals surface area (Å²) >= 11 is 1.80. The Morgan fingerprint density at radius 2 is 2.07 bits per heavy atom. The Labute approximate surface area is 163 Å². The number of carbonyl (C=O) groups is 1. The fraction of sp³-hybridized carbons (Fsp3) is 0.632. The number of amides is 1. The van der Waals surface area contributed by atoms with E-state index in [-0.39, 0.29) is 11.5 Å². The second kappa shape index (κ2) is 7.00. The SMILES string of the molecule is Cc1nc(CN2CCC3(CC2)Cn2nc(C(=O)N(C)C)cc2CO3)sc1C.